The van der Waals surface area contributed by atoms with Gasteiger partial charge in [-0.3, -0.25) is 4.79 Å². The Morgan fingerprint density at radius 2 is 1.92 bits per heavy atom. The van der Waals surface area contributed by atoms with E-state index in [2.05, 4.69) is 16.0 Å². The minimum absolute atomic E-state index is 0.207. The first kappa shape index (κ1) is 18.1. The molecule has 0 unspecified atom stereocenters. The zero-order chi connectivity index (χ0) is 17.4. The first-order chi connectivity index (χ1) is 11.6. The van der Waals surface area contributed by atoms with Crippen LogP contribution in [-0.4, -0.2) is 31.6 Å². The lowest BCUT2D eigenvalue weighted by Gasteiger charge is -2.23. The number of methoxy groups -OCH3 is 1. The van der Waals surface area contributed by atoms with Crippen LogP contribution in [0.2, 0.25) is 0 Å². The second-order valence-electron chi connectivity index (χ2n) is 5.93. The number of rotatable bonds is 6. The molecule has 5 N–H and O–H groups in total. The molecule has 7 heteroatoms. The summed E-state index contributed by atoms with van der Waals surface area (Å²) in [7, 11) is 1.55. The topological polar surface area (TPSA) is 105 Å². The fourth-order valence-electron chi connectivity index (χ4n) is 2.80. The quantitative estimate of drug-likeness (QED) is 0.641. The van der Waals surface area contributed by atoms with Gasteiger partial charge in [0.1, 0.15) is 5.75 Å². The first-order valence-electron chi connectivity index (χ1n) is 8.38. The summed E-state index contributed by atoms with van der Waals surface area (Å²) >= 11 is 0. The molecule has 2 rings (SSSR count). The van der Waals surface area contributed by atoms with Gasteiger partial charge in [-0.1, -0.05) is 19.3 Å². The molecule has 0 radical (unpaired) electrons. The average molecular weight is 334 g/mol. The molecule has 0 atom stereocenters. The van der Waals surface area contributed by atoms with Crippen molar-refractivity contribution < 1.29 is 14.3 Å². The maximum atomic E-state index is 12.2. The number of ether oxygens (including phenoxy) is 1. The smallest absolute Gasteiger partial charge is 0.319 e. The van der Waals surface area contributed by atoms with E-state index in [1.54, 1.807) is 25.3 Å². The van der Waals surface area contributed by atoms with Gasteiger partial charge in [0.25, 0.3) is 0 Å². The summed E-state index contributed by atoms with van der Waals surface area (Å²) in [5.74, 6) is 0.387. The molecule has 24 heavy (non-hydrogen) atoms. The van der Waals surface area contributed by atoms with Crippen molar-refractivity contribution in [3.63, 3.8) is 0 Å². The van der Waals surface area contributed by atoms with Gasteiger partial charge in [-0.25, -0.2) is 4.79 Å². The number of carbonyl (C=O) groups is 2. The van der Waals surface area contributed by atoms with Crippen LogP contribution in [0.25, 0.3) is 0 Å². The average Bonchev–Trinajstić information content (AvgIpc) is 2.57. The number of nitrogens with two attached hydrogens (primary N) is 1. The van der Waals surface area contributed by atoms with Crippen LogP contribution < -0.4 is 26.4 Å². The van der Waals surface area contributed by atoms with E-state index in [1.807, 2.05) is 0 Å². The van der Waals surface area contributed by atoms with Crippen LogP contribution in [0.4, 0.5) is 16.2 Å². The van der Waals surface area contributed by atoms with Gasteiger partial charge in [0.15, 0.2) is 0 Å². The molecular formula is C17H26N4O3. The molecule has 7 nitrogen and oxygen atoms in total. The van der Waals surface area contributed by atoms with Gasteiger partial charge in [-0.15, -0.1) is 0 Å². The van der Waals surface area contributed by atoms with Gasteiger partial charge in [-0.2, -0.15) is 0 Å². The molecule has 0 aliphatic heterocycles. The fourth-order valence-corrected chi connectivity index (χ4v) is 2.80. The maximum absolute atomic E-state index is 12.2. The number of urea groups is 1. The molecule has 1 aliphatic carbocycles. The summed E-state index contributed by atoms with van der Waals surface area (Å²) in [6, 6.07) is 5.06. The number of anilines is 2. The molecule has 3 amide bonds. The fraction of sp³-hybridized carbons (Fsp3) is 0.529. The summed E-state index contributed by atoms with van der Waals surface area (Å²) < 4.78 is 5.17. The van der Waals surface area contributed by atoms with E-state index in [-0.39, 0.29) is 30.9 Å². The second kappa shape index (κ2) is 9.12. The SMILES string of the molecule is COc1ccc(NC(=O)NC2CCCCC2)c(NC(=O)CCN)c1. The number of amides is 3. The Hall–Kier alpha value is -2.28. The predicted molar refractivity (Wildman–Crippen MR) is 94.3 cm³/mol. The molecule has 0 bridgehead atoms. The van der Waals surface area contributed by atoms with E-state index in [0.29, 0.717) is 17.1 Å². The van der Waals surface area contributed by atoms with Crippen molar-refractivity contribution in [1.29, 1.82) is 0 Å². The van der Waals surface area contributed by atoms with Crippen LogP contribution in [0.3, 0.4) is 0 Å². The van der Waals surface area contributed by atoms with Crippen LogP contribution in [0.5, 0.6) is 5.75 Å². The standard InChI is InChI=1S/C17H26N4O3/c1-24-13-7-8-14(15(11-13)20-16(22)9-10-18)21-17(23)19-12-5-3-2-4-6-12/h7-8,11-12H,2-6,9-10,18H2,1H3,(H,20,22)(H2,19,21,23). The van der Waals surface area contributed by atoms with Crippen LogP contribution in [0.15, 0.2) is 18.2 Å². The van der Waals surface area contributed by atoms with Crippen LogP contribution in [0.1, 0.15) is 38.5 Å². The van der Waals surface area contributed by atoms with Crippen molar-refractivity contribution >= 4 is 23.3 Å². The number of carbonyl (C=O) groups excluding carboxylic acids is 2. The lowest BCUT2D eigenvalue weighted by Crippen LogP contribution is -2.39. The summed E-state index contributed by atoms with van der Waals surface area (Å²) in [5, 5.41) is 8.55. The summed E-state index contributed by atoms with van der Waals surface area (Å²) in [4.78, 5) is 24.0. The lowest BCUT2D eigenvalue weighted by molar-refractivity contribution is -0.116. The van der Waals surface area contributed by atoms with Crippen molar-refractivity contribution in [2.45, 2.75) is 44.6 Å². The molecular weight excluding hydrogens is 308 g/mol. The summed E-state index contributed by atoms with van der Waals surface area (Å²) in [6.07, 6.45) is 5.76. The molecule has 1 aromatic rings. The van der Waals surface area contributed by atoms with Gasteiger partial charge in [-0.05, 0) is 25.0 Å². The van der Waals surface area contributed by atoms with Crippen LogP contribution in [-0.2, 0) is 4.79 Å². The Morgan fingerprint density at radius 1 is 1.17 bits per heavy atom. The molecule has 0 heterocycles. The Morgan fingerprint density at radius 3 is 2.58 bits per heavy atom. The number of benzene rings is 1. The molecule has 1 aliphatic rings. The maximum Gasteiger partial charge on any atom is 0.319 e. The van der Waals surface area contributed by atoms with Gasteiger partial charge >= 0.3 is 6.03 Å². The second-order valence-corrected chi connectivity index (χ2v) is 5.93. The molecule has 0 aromatic heterocycles. The van der Waals surface area contributed by atoms with Gasteiger partial charge in [0, 0.05) is 25.1 Å². The zero-order valence-electron chi connectivity index (χ0n) is 14.1. The normalized spacial score (nSPS) is 14.8. The predicted octanol–water partition coefficient (Wildman–Crippen LogP) is 2.44. The zero-order valence-corrected chi connectivity index (χ0v) is 14.1. The van der Waals surface area contributed by atoms with E-state index in [4.69, 9.17) is 10.5 Å². The molecule has 0 saturated heterocycles. The minimum Gasteiger partial charge on any atom is -0.497 e. The third kappa shape index (κ3) is 5.42. The minimum atomic E-state index is -0.263. The van der Waals surface area contributed by atoms with Crippen molar-refractivity contribution in [1.82, 2.24) is 5.32 Å². The summed E-state index contributed by atoms with van der Waals surface area (Å²) in [5.41, 5.74) is 6.41. The third-order valence-electron chi connectivity index (χ3n) is 4.06. The number of hydrogen-bond acceptors (Lipinski definition) is 4. The number of hydrogen-bond donors (Lipinski definition) is 4. The van der Waals surface area contributed by atoms with Crippen molar-refractivity contribution in [3.8, 4) is 5.75 Å². The van der Waals surface area contributed by atoms with E-state index < -0.39 is 0 Å². The Kier molecular flexibility index (Phi) is 6.87. The van der Waals surface area contributed by atoms with Crippen molar-refractivity contribution in [2.24, 2.45) is 5.73 Å². The Bertz CT molecular complexity index is 571. The molecule has 1 fully saturated rings. The van der Waals surface area contributed by atoms with Gasteiger partial charge in [0.2, 0.25) is 5.91 Å². The highest BCUT2D eigenvalue weighted by atomic mass is 16.5. The largest absolute Gasteiger partial charge is 0.497 e. The molecule has 0 spiro atoms. The molecule has 1 saturated carbocycles. The van der Waals surface area contributed by atoms with Gasteiger partial charge in [0.05, 0.1) is 18.5 Å². The summed E-state index contributed by atoms with van der Waals surface area (Å²) in [6.45, 7) is 0.265. The molecule has 132 valence electrons. The van der Waals surface area contributed by atoms with E-state index in [0.717, 1.165) is 25.7 Å². The van der Waals surface area contributed by atoms with Crippen LogP contribution in [0, 0.1) is 0 Å². The first-order valence-corrected chi connectivity index (χ1v) is 8.38. The lowest BCUT2D eigenvalue weighted by atomic mass is 9.96. The Balaban J connectivity index is 2.03. The van der Waals surface area contributed by atoms with E-state index in [9.17, 15) is 9.59 Å². The van der Waals surface area contributed by atoms with E-state index in [1.165, 1.54) is 6.42 Å². The molecule has 1 aromatic carbocycles. The van der Waals surface area contributed by atoms with Crippen molar-refractivity contribution in [3.05, 3.63) is 18.2 Å². The highest BCUT2D eigenvalue weighted by Gasteiger charge is 2.17. The monoisotopic (exact) mass is 334 g/mol. The van der Waals surface area contributed by atoms with Gasteiger partial charge < -0.3 is 26.4 Å². The number of nitrogens with one attached hydrogen (secondary N) is 3. The highest BCUT2D eigenvalue weighted by Crippen LogP contribution is 2.27. The van der Waals surface area contributed by atoms with Crippen molar-refractivity contribution in [2.75, 3.05) is 24.3 Å². The third-order valence-corrected chi connectivity index (χ3v) is 4.06. The van der Waals surface area contributed by atoms with E-state index >= 15 is 0 Å². The van der Waals surface area contributed by atoms with Crippen LogP contribution >= 0.6 is 0 Å². The Labute approximate surface area is 142 Å². The highest BCUT2D eigenvalue weighted by molar-refractivity contribution is 5.99.